The smallest absolute Gasteiger partial charge is 0.295 e. The predicted molar refractivity (Wildman–Crippen MR) is 149 cm³/mol. The zero-order valence-corrected chi connectivity index (χ0v) is 21.6. The topological polar surface area (TPSA) is 76.1 Å². The molecule has 1 aliphatic rings. The van der Waals surface area contributed by atoms with E-state index in [-0.39, 0.29) is 17.9 Å². The van der Waals surface area contributed by atoms with E-state index in [0.29, 0.717) is 35.0 Å². The van der Waals surface area contributed by atoms with Crippen LogP contribution >= 0.6 is 0 Å². The molecule has 4 aromatic rings. The molecular formula is C33H29NO5. The van der Waals surface area contributed by atoms with Crippen molar-refractivity contribution in [3.8, 4) is 17.2 Å². The molecule has 0 saturated carbocycles. The van der Waals surface area contributed by atoms with E-state index in [4.69, 9.17) is 9.47 Å². The number of aliphatic hydroxyl groups excluding tert-OH is 1. The summed E-state index contributed by atoms with van der Waals surface area (Å²) in [5.74, 6) is 0.149. The highest BCUT2D eigenvalue weighted by Gasteiger charge is 2.46. The minimum atomic E-state index is -0.815. The van der Waals surface area contributed by atoms with Crippen molar-refractivity contribution in [1.82, 2.24) is 4.90 Å². The van der Waals surface area contributed by atoms with Gasteiger partial charge in [0, 0.05) is 12.1 Å². The first-order chi connectivity index (χ1) is 19.0. The largest absolute Gasteiger partial charge is 0.507 e. The lowest BCUT2D eigenvalue weighted by molar-refractivity contribution is -0.140. The van der Waals surface area contributed by atoms with Gasteiger partial charge in [0.2, 0.25) is 0 Å². The van der Waals surface area contributed by atoms with Crippen molar-refractivity contribution in [3.63, 3.8) is 0 Å². The molecule has 0 spiro atoms. The van der Waals surface area contributed by atoms with Crippen molar-refractivity contribution in [1.29, 1.82) is 0 Å². The maximum Gasteiger partial charge on any atom is 0.295 e. The lowest BCUT2D eigenvalue weighted by atomic mass is 9.95. The molecule has 0 radical (unpaired) electrons. The van der Waals surface area contributed by atoms with Crippen LogP contribution in [0.25, 0.3) is 5.76 Å². The average molecular weight is 520 g/mol. The Hall–Kier alpha value is -4.84. The molecule has 0 aromatic heterocycles. The molecule has 39 heavy (non-hydrogen) atoms. The number of para-hydroxylation sites is 1. The molecular weight excluding hydrogens is 490 g/mol. The Bertz CT molecular complexity index is 1500. The molecule has 6 nitrogen and oxygen atoms in total. The molecule has 6 heteroatoms. The summed E-state index contributed by atoms with van der Waals surface area (Å²) in [6.07, 6.45) is 0.836. The zero-order chi connectivity index (χ0) is 27.2. The van der Waals surface area contributed by atoms with Gasteiger partial charge in [0.15, 0.2) is 0 Å². The van der Waals surface area contributed by atoms with Crippen molar-refractivity contribution in [3.05, 3.63) is 131 Å². The summed E-state index contributed by atoms with van der Waals surface area (Å²) in [4.78, 5) is 28.4. The number of carbonyl (C=O) groups is 2. The summed E-state index contributed by atoms with van der Waals surface area (Å²) in [5, 5.41) is 11.5. The van der Waals surface area contributed by atoms with Crippen molar-refractivity contribution < 1.29 is 24.2 Å². The number of hydrogen-bond donors (Lipinski definition) is 1. The Balaban J connectivity index is 1.59. The summed E-state index contributed by atoms with van der Waals surface area (Å²) in [7, 11) is 0. The minimum absolute atomic E-state index is 0.0282. The Morgan fingerprint density at radius 2 is 1.46 bits per heavy atom. The Kier molecular flexibility index (Phi) is 7.73. The number of benzene rings is 4. The van der Waals surface area contributed by atoms with Gasteiger partial charge >= 0.3 is 0 Å². The maximum absolute atomic E-state index is 13.5. The number of ketones is 1. The van der Waals surface area contributed by atoms with Crippen LogP contribution in [-0.4, -0.2) is 28.3 Å². The van der Waals surface area contributed by atoms with Crippen LogP contribution in [0.15, 0.2) is 115 Å². The highest BCUT2D eigenvalue weighted by Crippen LogP contribution is 2.41. The first-order valence-corrected chi connectivity index (χ1v) is 12.9. The third-order valence-corrected chi connectivity index (χ3v) is 6.47. The molecule has 1 fully saturated rings. The molecule has 196 valence electrons. The van der Waals surface area contributed by atoms with Gasteiger partial charge in [-0.25, -0.2) is 0 Å². The first kappa shape index (κ1) is 25.8. The Morgan fingerprint density at radius 3 is 2.21 bits per heavy atom. The van der Waals surface area contributed by atoms with Crippen molar-refractivity contribution in [2.75, 3.05) is 6.61 Å². The van der Waals surface area contributed by atoms with Gasteiger partial charge in [0.05, 0.1) is 18.2 Å². The van der Waals surface area contributed by atoms with Crippen LogP contribution in [0.3, 0.4) is 0 Å². The molecule has 1 heterocycles. The number of hydrogen-bond acceptors (Lipinski definition) is 5. The Labute approximate surface area is 227 Å². The monoisotopic (exact) mass is 519 g/mol. The fraction of sp³-hybridized carbons (Fsp3) is 0.152. The van der Waals surface area contributed by atoms with Crippen LogP contribution in [-0.2, 0) is 16.1 Å². The number of amides is 1. The number of nitrogens with zero attached hydrogens (tertiary/aromatic N) is 1. The van der Waals surface area contributed by atoms with Gasteiger partial charge < -0.3 is 19.5 Å². The molecule has 1 aliphatic heterocycles. The molecule has 1 atom stereocenters. The van der Waals surface area contributed by atoms with Crippen LogP contribution in [0, 0.1) is 0 Å². The van der Waals surface area contributed by atoms with Crippen LogP contribution < -0.4 is 9.47 Å². The van der Waals surface area contributed by atoms with E-state index in [1.807, 2.05) is 85.8 Å². The van der Waals surface area contributed by atoms with Crippen LogP contribution in [0.5, 0.6) is 17.2 Å². The number of rotatable bonds is 9. The molecule has 4 aromatic carbocycles. The predicted octanol–water partition coefficient (Wildman–Crippen LogP) is 6.89. The highest BCUT2D eigenvalue weighted by atomic mass is 16.5. The van der Waals surface area contributed by atoms with Gasteiger partial charge in [-0.3, -0.25) is 9.59 Å². The van der Waals surface area contributed by atoms with Crippen molar-refractivity contribution in [2.24, 2.45) is 0 Å². The highest BCUT2D eigenvalue weighted by molar-refractivity contribution is 6.46. The third-order valence-electron chi connectivity index (χ3n) is 6.47. The molecule has 1 amide bonds. The van der Waals surface area contributed by atoms with Crippen molar-refractivity contribution in [2.45, 2.75) is 25.9 Å². The molecule has 1 N–H and O–H groups in total. The summed E-state index contributed by atoms with van der Waals surface area (Å²) < 4.78 is 11.8. The fourth-order valence-corrected chi connectivity index (χ4v) is 4.65. The average Bonchev–Trinajstić information content (AvgIpc) is 3.22. The first-order valence-electron chi connectivity index (χ1n) is 12.9. The van der Waals surface area contributed by atoms with E-state index in [0.717, 1.165) is 12.0 Å². The van der Waals surface area contributed by atoms with E-state index >= 15 is 0 Å². The second-order valence-electron chi connectivity index (χ2n) is 9.28. The molecule has 1 saturated heterocycles. The number of aliphatic hydroxyl groups is 1. The van der Waals surface area contributed by atoms with E-state index in [2.05, 4.69) is 0 Å². The second-order valence-corrected chi connectivity index (χ2v) is 9.28. The lowest BCUT2D eigenvalue weighted by Gasteiger charge is -2.26. The number of ether oxygens (including phenoxy) is 2. The van der Waals surface area contributed by atoms with Gasteiger partial charge in [-0.2, -0.15) is 0 Å². The van der Waals surface area contributed by atoms with E-state index in [1.165, 1.54) is 4.90 Å². The normalized spacial score (nSPS) is 16.3. The van der Waals surface area contributed by atoms with Crippen LogP contribution in [0.1, 0.15) is 36.1 Å². The third kappa shape index (κ3) is 5.70. The second kappa shape index (κ2) is 11.7. The summed E-state index contributed by atoms with van der Waals surface area (Å²) in [6, 6.07) is 32.2. The molecule has 1 unspecified atom stereocenters. The van der Waals surface area contributed by atoms with Gasteiger partial charge in [0.25, 0.3) is 11.7 Å². The standard InChI is InChI=1S/C33H29NO5/c1-2-19-38-27-17-10-14-25(21-27)31(35)29-30(34(33(37)32(29)36)22-23-11-5-3-6-12-23)24-13-9-18-28(20-24)39-26-15-7-4-8-16-26/h3-18,20-21,30,35H,2,19,22H2,1H3. The summed E-state index contributed by atoms with van der Waals surface area (Å²) in [5.41, 5.74) is 1.96. The SMILES string of the molecule is CCCOc1cccc(C(O)=C2C(=O)C(=O)N(Cc3ccccc3)C2c2cccc(Oc3ccccc3)c2)c1. The summed E-state index contributed by atoms with van der Waals surface area (Å²) >= 11 is 0. The van der Waals surface area contributed by atoms with Crippen molar-refractivity contribution >= 4 is 17.4 Å². The maximum atomic E-state index is 13.5. The van der Waals surface area contributed by atoms with Crippen LogP contribution in [0.2, 0.25) is 0 Å². The minimum Gasteiger partial charge on any atom is -0.507 e. The van der Waals surface area contributed by atoms with E-state index in [1.54, 1.807) is 30.3 Å². The fourth-order valence-electron chi connectivity index (χ4n) is 4.65. The van der Waals surface area contributed by atoms with E-state index < -0.39 is 17.7 Å². The van der Waals surface area contributed by atoms with Gasteiger partial charge in [-0.15, -0.1) is 0 Å². The molecule has 0 aliphatic carbocycles. The van der Waals surface area contributed by atoms with E-state index in [9.17, 15) is 14.7 Å². The Morgan fingerprint density at radius 1 is 0.795 bits per heavy atom. The number of carbonyl (C=O) groups excluding carboxylic acids is 2. The molecule has 5 rings (SSSR count). The number of likely N-dealkylation sites (tertiary alicyclic amines) is 1. The number of Topliss-reactive ketones (excluding diaryl/α,β-unsaturated/α-hetero) is 1. The summed E-state index contributed by atoms with van der Waals surface area (Å²) in [6.45, 7) is 2.74. The lowest BCUT2D eigenvalue weighted by Crippen LogP contribution is -2.29. The quantitative estimate of drug-likeness (QED) is 0.148. The zero-order valence-electron chi connectivity index (χ0n) is 21.6. The van der Waals surface area contributed by atoms with Gasteiger partial charge in [-0.05, 0) is 53.9 Å². The molecule has 0 bridgehead atoms. The van der Waals surface area contributed by atoms with Gasteiger partial charge in [-0.1, -0.05) is 79.7 Å². The van der Waals surface area contributed by atoms with Crippen LogP contribution in [0.4, 0.5) is 0 Å². The van der Waals surface area contributed by atoms with Gasteiger partial charge in [0.1, 0.15) is 23.0 Å².